The summed E-state index contributed by atoms with van der Waals surface area (Å²) >= 11 is 0. The maximum atomic E-state index is 11.9. The topological polar surface area (TPSA) is 46.6 Å². The third-order valence-electron chi connectivity index (χ3n) is 2.92. The van der Waals surface area contributed by atoms with Crippen molar-refractivity contribution in [3.05, 3.63) is 42.3 Å². The van der Waals surface area contributed by atoms with Gasteiger partial charge in [0.05, 0.1) is 6.04 Å². The molecule has 0 saturated carbocycles. The molecule has 1 saturated heterocycles. The standard InChI is InChI=1S/C14H16NO3.Rb/c1-2-6-13(16)15-12(10-18-14(15)17)9-11-7-4-3-5-8-11;/h2-5,7-8,12H,6,9-10H2,1H3;/q-1;+1/t12-;/m0./s1. The molecule has 1 aromatic rings. The van der Waals surface area contributed by atoms with Crippen LogP contribution in [0.2, 0.25) is 0 Å². The Morgan fingerprint density at radius 3 is 2.74 bits per heavy atom. The van der Waals surface area contributed by atoms with E-state index in [0.29, 0.717) is 6.42 Å². The van der Waals surface area contributed by atoms with Crippen molar-refractivity contribution in [3.63, 3.8) is 0 Å². The van der Waals surface area contributed by atoms with Gasteiger partial charge < -0.3 is 11.2 Å². The Morgan fingerprint density at radius 1 is 1.42 bits per heavy atom. The van der Waals surface area contributed by atoms with Crippen molar-refractivity contribution in [2.24, 2.45) is 0 Å². The van der Waals surface area contributed by atoms with Gasteiger partial charge in [-0.3, -0.25) is 4.79 Å². The Morgan fingerprint density at radius 2 is 2.11 bits per heavy atom. The number of amides is 2. The minimum atomic E-state index is -0.525. The number of hydrogen-bond acceptors (Lipinski definition) is 3. The molecule has 4 nitrogen and oxygen atoms in total. The molecule has 2 amide bonds. The largest absolute Gasteiger partial charge is 1.00 e. The first-order valence-electron chi connectivity index (χ1n) is 6.03. The molecule has 0 N–H and O–H groups in total. The van der Waals surface area contributed by atoms with Crippen LogP contribution in [0.3, 0.4) is 0 Å². The summed E-state index contributed by atoms with van der Waals surface area (Å²) < 4.78 is 4.97. The maximum Gasteiger partial charge on any atom is 1.00 e. The second-order valence-electron chi connectivity index (χ2n) is 4.30. The van der Waals surface area contributed by atoms with Gasteiger partial charge in [-0.15, -0.1) is 0 Å². The summed E-state index contributed by atoms with van der Waals surface area (Å²) in [5.41, 5.74) is 1.10. The summed E-state index contributed by atoms with van der Waals surface area (Å²) in [7, 11) is 0. The summed E-state index contributed by atoms with van der Waals surface area (Å²) in [6, 6.07) is 9.61. The van der Waals surface area contributed by atoms with Gasteiger partial charge in [0.25, 0.3) is 0 Å². The fraction of sp³-hybridized carbons (Fsp3) is 0.357. The molecule has 0 aromatic heterocycles. The van der Waals surface area contributed by atoms with Crippen LogP contribution in [0.15, 0.2) is 30.3 Å². The second kappa shape index (κ2) is 8.30. The van der Waals surface area contributed by atoms with Gasteiger partial charge in [-0.25, -0.2) is 9.69 Å². The quantitative estimate of drug-likeness (QED) is 0.678. The normalized spacial score (nSPS) is 17.8. The number of rotatable bonds is 4. The van der Waals surface area contributed by atoms with E-state index in [1.54, 1.807) is 13.3 Å². The average Bonchev–Trinajstić information content (AvgIpc) is 2.72. The molecule has 5 heteroatoms. The predicted molar refractivity (Wildman–Crippen MR) is 66.7 cm³/mol. The summed E-state index contributed by atoms with van der Waals surface area (Å²) in [5.74, 6) is -0.194. The van der Waals surface area contributed by atoms with Crippen molar-refractivity contribution in [3.8, 4) is 0 Å². The van der Waals surface area contributed by atoms with E-state index in [-0.39, 0.29) is 83.2 Å². The number of carbonyl (C=O) groups is 2. The van der Waals surface area contributed by atoms with E-state index >= 15 is 0 Å². The van der Waals surface area contributed by atoms with Gasteiger partial charge in [0.2, 0.25) is 5.91 Å². The van der Waals surface area contributed by atoms with E-state index < -0.39 is 6.09 Å². The van der Waals surface area contributed by atoms with Crippen LogP contribution >= 0.6 is 0 Å². The van der Waals surface area contributed by atoms with Crippen LogP contribution < -0.4 is 58.2 Å². The number of nitrogens with zero attached hydrogens (tertiary/aromatic N) is 1. The SMILES string of the molecule is C[CH-]CC(=O)N1C(=O)OC[C@@H]1Cc1ccccc1.[Rb+]. The second-order valence-corrected chi connectivity index (χ2v) is 4.30. The predicted octanol–water partition coefficient (Wildman–Crippen LogP) is -0.805. The van der Waals surface area contributed by atoms with E-state index in [1.165, 1.54) is 4.90 Å². The van der Waals surface area contributed by atoms with Gasteiger partial charge in [0.1, 0.15) is 6.61 Å². The van der Waals surface area contributed by atoms with E-state index in [4.69, 9.17) is 4.74 Å². The summed E-state index contributed by atoms with van der Waals surface area (Å²) in [6.45, 7) is 2.08. The van der Waals surface area contributed by atoms with Crippen molar-refractivity contribution in [2.75, 3.05) is 6.61 Å². The van der Waals surface area contributed by atoms with Gasteiger partial charge in [-0.1, -0.05) is 36.8 Å². The van der Waals surface area contributed by atoms with Gasteiger partial charge in [-0.2, -0.15) is 6.92 Å². The molecule has 0 aliphatic carbocycles. The summed E-state index contributed by atoms with van der Waals surface area (Å²) in [5, 5.41) is 0. The molecule has 0 unspecified atom stereocenters. The number of carbonyl (C=O) groups excluding carboxylic acids is 2. The van der Waals surface area contributed by atoms with E-state index in [1.807, 2.05) is 30.3 Å². The molecule has 0 spiro atoms. The number of ether oxygens (including phenoxy) is 1. The third-order valence-corrected chi connectivity index (χ3v) is 2.92. The zero-order valence-corrected chi connectivity index (χ0v) is 16.3. The molecule has 1 fully saturated rings. The Bertz CT molecular complexity index is 436. The number of benzene rings is 1. The Kier molecular flexibility index (Phi) is 7.43. The third kappa shape index (κ3) is 4.48. The van der Waals surface area contributed by atoms with Gasteiger partial charge >= 0.3 is 64.3 Å². The van der Waals surface area contributed by atoms with Crippen LogP contribution in [0.25, 0.3) is 0 Å². The minimum absolute atomic E-state index is 0. The maximum absolute atomic E-state index is 11.9. The van der Waals surface area contributed by atoms with Crippen molar-refractivity contribution < 1.29 is 72.5 Å². The van der Waals surface area contributed by atoms with Crippen molar-refractivity contribution in [2.45, 2.75) is 25.8 Å². The van der Waals surface area contributed by atoms with Crippen molar-refractivity contribution in [1.29, 1.82) is 0 Å². The smallest absolute Gasteiger partial charge is 0.447 e. The van der Waals surface area contributed by atoms with Crippen LogP contribution in [-0.4, -0.2) is 29.5 Å². The van der Waals surface area contributed by atoms with Gasteiger partial charge in [0, 0.05) is 0 Å². The Hall–Kier alpha value is -0.0348. The fourth-order valence-electron chi connectivity index (χ4n) is 2.08. The molecule has 2 rings (SSSR count). The molecule has 0 bridgehead atoms. The number of hydrogen-bond donors (Lipinski definition) is 0. The average molecular weight is 332 g/mol. The van der Waals surface area contributed by atoms with Gasteiger partial charge in [-0.05, 0) is 12.0 Å². The monoisotopic (exact) mass is 331 g/mol. The number of imide groups is 1. The first-order valence-corrected chi connectivity index (χ1v) is 6.03. The van der Waals surface area contributed by atoms with Crippen molar-refractivity contribution in [1.82, 2.24) is 4.90 Å². The first-order chi connectivity index (χ1) is 8.72. The molecule has 96 valence electrons. The van der Waals surface area contributed by atoms with E-state index in [2.05, 4.69) is 0 Å². The molecule has 1 aromatic carbocycles. The molecule has 1 atom stereocenters. The minimum Gasteiger partial charge on any atom is -0.447 e. The number of cyclic esters (lactones) is 1. The summed E-state index contributed by atoms with van der Waals surface area (Å²) in [4.78, 5) is 24.7. The molecule has 1 aliphatic rings. The van der Waals surface area contributed by atoms with Crippen LogP contribution in [-0.2, 0) is 16.0 Å². The summed E-state index contributed by atoms with van der Waals surface area (Å²) in [6.07, 6.45) is 2.12. The van der Waals surface area contributed by atoms with Crippen LogP contribution in [0.5, 0.6) is 0 Å². The molecular weight excluding hydrogens is 316 g/mol. The van der Waals surface area contributed by atoms with Crippen molar-refractivity contribution >= 4 is 12.0 Å². The zero-order chi connectivity index (χ0) is 13.0. The van der Waals surface area contributed by atoms with E-state index in [0.717, 1.165) is 5.56 Å². The van der Waals surface area contributed by atoms with Crippen LogP contribution in [0.1, 0.15) is 18.9 Å². The Labute approximate surface area is 162 Å². The van der Waals surface area contributed by atoms with Gasteiger partial charge in [0.15, 0.2) is 0 Å². The molecule has 19 heavy (non-hydrogen) atoms. The molecule has 1 aliphatic heterocycles. The molecule has 1 heterocycles. The molecule has 0 radical (unpaired) electrons. The first kappa shape index (κ1) is 17.0. The Balaban J connectivity index is 0.00000180. The zero-order valence-electron chi connectivity index (χ0n) is 11.3. The van der Waals surface area contributed by atoms with Crippen LogP contribution in [0, 0.1) is 6.42 Å². The fourth-order valence-corrected chi connectivity index (χ4v) is 2.08. The molecular formula is C14H16NO3Rb. The van der Waals surface area contributed by atoms with Crippen LogP contribution in [0.4, 0.5) is 4.79 Å². The van der Waals surface area contributed by atoms with E-state index in [9.17, 15) is 9.59 Å².